The Balaban J connectivity index is 2.04. The number of hydrogen-bond acceptors (Lipinski definition) is 1. The maximum Gasteiger partial charge on any atom is 0.0654 e. The van der Waals surface area contributed by atoms with Crippen LogP contribution in [0, 0.1) is 5.92 Å². The molecule has 0 spiro atoms. The van der Waals surface area contributed by atoms with Gasteiger partial charge >= 0.3 is 0 Å². The standard InChI is InChI=1S/C17H30O/c1-3-5-7-9-15-18-17-13-11-16(12-14-17)10-8-6-4-2/h3,5,7,9,16-17H,4,6,8,10-15H2,1-2H3. The Bertz CT molecular complexity index is 234. The molecule has 0 aromatic heterocycles. The average molecular weight is 250 g/mol. The lowest BCUT2D eigenvalue weighted by atomic mass is 9.84. The van der Waals surface area contributed by atoms with Crippen molar-refractivity contribution < 1.29 is 4.74 Å². The lowest BCUT2D eigenvalue weighted by molar-refractivity contribution is 0.0333. The lowest BCUT2D eigenvalue weighted by Gasteiger charge is -2.28. The first-order chi connectivity index (χ1) is 8.86. The highest BCUT2D eigenvalue weighted by Gasteiger charge is 2.20. The van der Waals surface area contributed by atoms with E-state index in [0.29, 0.717) is 6.10 Å². The van der Waals surface area contributed by atoms with Crippen LogP contribution in [0.4, 0.5) is 0 Å². The highest BCUT2D eigenvalue weighted by Crippen LogP contribution is 2.29. The molecule has 0 atom stereocenters. The highest BCUT2D eigenvalue weighted by atomic mass is 16.5. The second-order valence-electron chi connectivity index (χ2n) is 5.43. The largest absolute Gasteiger partial charge is 0.374 e. The molecule has 1 aliphatic rings. The van der Waals surface area contributed by atoms with Gasteiger partial charge in [0.05, 0.1) is 12.7 Å². The third-order valence-corrected chi connectivity index (χ3v) is 3.88. The SMILES string of the molecule is CC=CC=CCOC1CCC(CCCCC)CC1. The van der Waals surface area contributed by atoms with Crippen molar-refractivity contribution in [1.29, 1.82) is 0 Å². The second-order valence-corrected chi connectivity index (χ2v) is 5.43. The van der Waals surface area contributed by atoms with Crippen LogP contribution < -0.4 is 0 Å². The van der Waals surface area contributed by atoms with Crippen LogP contribution in [0.1, 0.15) is 65.2 Å². The van der Waals surface area contributed by atoms with E-state index in [2.05, 4.69) is 19.1 Å². The van der Waals surface area contributed by atoms with Crippen molar-refractivity contribution in [2.45, 2.75) is 71.3 Å². The van der Waals surface area contributed by atoms with Crippen molar-refractivity contribution in [2.24, 2.45) is 5.92 Å². The molecule has 1 heteroatoms. The zero-order chi connectivity index (χ0) is 13.1. The summed E-state index contributed by atoms with van der Waals surface area (Å²) in [6, 6.07) is 0. The molecule has 0 radical (unpaired) electrons. The summed E-state index contributed by atoms with van der Waals surface area (Å²) in [5.74, 6) is 0.981. The van der Waals surface area contributed by atoms with Crippen molar-refractivity contribution in [1.82, 2.24) is 0 Å². The minimum absolute atomic E-state index is 0.516. The summed E-state index contributed by atoms with van der Waals surface area (Å²) in [5.41, 5.74) is 0. The summed E-state index contributed by atoms with van der Waals surface area (Å²) >= 11 is 0. The number of ether oxygens (including phenoxy) is 1. The Morgan fingerprint density at radius 2 is 1.83 bits per heavy atom. The lowest BCUT2D eigenvalue weighted by Crippen LogP contribution is -2.21. The number of unbranched alkanes of at least 4 members (excludes halogenated alkanes) is 2. The molecular formula is C17H30O. The normalized spacial score (nSPS) is 25.2. The fourth-order valence-corrected chi connectivity index (χ4v) is 2.71. The quantitative estimate of drug-likeness (QED) is 0.421. The molecule has 0 aromatic carbocycles. The van der Waals surface area contributed by atoms with Gasteiger partial charge in [0.2, 0.25) is 0 Å². The van der Waals surface area contributed by atoms with Crippen LogP contribution in [-0.4, -0.2) is 12.7 Å². The van der Waals surface area contributed by atoms with E-state index in [4.69, 9.17) is 4.74 Å². The fourth-order valence-electron chi connectivity index (χ4n) is 2.71. The smallest absolute Gasteiger partial charge is 0.0654 e. The molecule has 0 amide bonds. The van der Waals surface area contributed by atoms with Gasteiger partial charge in [-0.05, 0) is 38.5 Å². The number of allylic oxidation sites excluding steroid dienone is 3. The summed E-state index contributed by atoms with van der Waals surface area (Å²) in [5, 5.41) is 0. The molecule has 1 nitrogen and oxygen atoms in total. The molecule has 1 saturated carbocycles. The van der Waals surface area contributed by atoms with Gasteiger partial charge in [0, 0.05) is 0 Å². The van der Waals surface area contributed by atoms with Gasteiger partial charge in [-0.3, -0.25) is 0 Å². The fraction of sp³-hybridized carbons (Fsp3) is 0.765. The van der Waals surface area contributed by atoms with Crippen molar-refractivity contribution in [3.63, 3.8) is 0 Å². The summed E-state index contributed by atoms with van der Waals surface area (Å²) in [6.45, 7) is 5.09. The topological polar surface area (TPSA) is 9.23 Å². The zero-order valence-corrected chi connectivity index (χ0v) is 12.2. The van der Waals surface area contributed by atoms with Crippen molar-refractivity contribution >= 4 is 0 Å². The van der Waals surface area contributed by atoms with Crippen LogP contribution in [0.25, 0.3) is 0 Å². The summed E-state index contributed by atoms with van der Waals surface area (Å²) in [6.07, 6.45) is 19.7. The third kappa shape index (κ3) is 7.00. The van der Waals surface area contributed by atoms with Gasteiger partial charge in [-0.2, -0.15) is 0 Å². The maximum atomic E-state index is 5.88. The summed E-state index contributed by atoms with van der Waals surface area (Å²) in [7, 11) is 0. The van der Waals surface area contributed by atoms with E-state index in [1.807, 2.05) is 19.1 Å². The van der Waals surface area contributed by atoms with Gasteiger partial charge in [-0.15, -0.1) is 0 Å². The van der Waals surface area contributed by atoms with Crippen LogP contribution in [0.2, 0.25) is 0 Å². The minimum atomic E-state index is 0.516. The first-order valence-electron chi connectivity index (χ1n) is 7.76. The first kappa shape index (κ1) is 15.5. The average Bonchev–Trinajstić information content (AvgIpc) is 2.40. The van der Waals surface area contributed by atoms with Gasteiger partial charge in [0.1, 0.15) is 0 Å². The molecule has 1 fully saturated rings. The van der Waals surface area contributed by atoms with E-state index < -0.39 is 0 Å². The van der Waals surface area contributed by atoms with E-state index in [0.717, 1.165) is 12.5 Å². The molecular weight excluding hydrogens is 220 g/mol. The summed E-state index contributed by atoms with van der Waals surface area (Å²) in [4.78, 5) is 0. The predicted molar refractivity (Wildman–Crippen MR) is 79.8 cm³/mol. The van der Waals surface area contributed by atoms with E-state index in [9.17, 15) is 0 Å². The second kappa shape index (κ2) is 10.4. The van der Waals surface area contributed by atoms with Crippen LogP contribution in [0.5, 0.6) is 0 Å². The van der Waals surface area contributed by atoms with E-state index in [1.54, 1.807) is 0 Å². The van der Waals surface area contributed by atoms with Gasteiger partial charge in [-0.1, -0.05) is 56.9 Å². The van der Waals surface area contributed by atoms with Crippen molar-refractivity contribution in [2.75, 3.05) is 6.61 Å². The Morgan fingerprint density at radius 1 is 1.06 bits per heavy atom. The van der Waals surface area contributed by atoms with Gasteiger partial charge < -0.3 is 4.74 Å². The van der Waals surface area contributed by atoms with Crippen LogP contribution >= 0.6 is 0 Å². The molecule has 104 valence electrons. The maximum absolute atomic E-state index is 5.88. The Labute approximate surface area is 113 Å². The van der Waals surface area contributed by atoms with E-state index in [-0.39, 0.29) is 0 Å². The molecule has 0 heterocycles. The van der Waals surface area contributed by atoms with Crippen molar-refractivity contribution in [3.05, 3.63) is 24.3 Å². The number of hydrogen-bond donors (Lipinski definition) is 0. The molecule has 0 aliphatic heterocycles. The number of rotatable bonds is 8. The first-order valence-corrected chi connectivity index (χ1v) is 7.76. The minimum Gasteiger partial charge on any atom is -0.374 e. The van der Waals surface area contributed by atoms with Crippen LogP contribution in [0.15, 0.2) is 24.3 Å². The molecule has 0 saturated heterocycles. The molecule has 0 N–H and O–H groups in total. The highest BCUT2D eigenvalue weighted by molar-refractivity contribution is 5.01. The molecule has 0 aromatic rings. The van der Waals surface area contributed by atoms with Gasteiger partial charge in [0.25, 0.3) is 0 Å². The van der Waals surface area contributed by atoms with Crippen LogP contribution in [-0.2, 0) is 4.74 Å². The zero-order valence-electron chi connectivity index (χ0n) is 12.2. The molecule has 1 aliphatic carbocycles. The van der Waals surface area contributed by atoms with E-state index in [1.165, 1.54) is 51.4 Å². The Morgan fingerprint density at radius 3 is 2.50 bits per heavy atom. The molecule has 18 heavy (non-hydrogen) atoms. The third-order valence-electron chi connectivity index (χ3n) is 3.88. The van der Waals surface area contributed by atoms with Crippen LogP contribution in [0.3, 0.4) is 0 Å². The monoisotopic (exact) mass is 250 g/mol. The van der Waals surface area contributed by atoms with Gasteiger partial charge in [-0.25, -0.2) is 0 Å². The predicted octanol–water partition coefficient (Wildman–Crippen LogP) is 5.27. The summed E-state index contributed by atoms with van der Waals surface area (Å²) < 4.78 is 5.88. The Hall–Kier alpha value is -0.560. The molecule has 1 rings (SSSR count). The molecule has 0 bridgehead atoms. The van der Waals surface area contributed by atoms with Crippen molar-refractivity contribution in [3.8, 4) is 0 Å². The van der Waals surface area contributed by atoms with Gasteiger partial charge in [0.15, 0.2) is 0 Å². The van der Waals surface area contributed by atoms with E-state index >= 15 is 0 Å². The molecule has 0 unspecified atom stereocenters. The Kier molecular flexibility index (Phi) is 8.93.